The maximum Gasteiger partial charge on any atom is 0.252 e. The zero-order valence-electron chi connectivity index (χ0n) is 51.4. The van der Waals surface area contributed by atoms with Crippen LogP contribution in [0.5, 0.6) is 0 Å². The van der Waals surface area contributed by atoms with Gasteiger partial charge in [-0.25, -0.2) is 0 Å². The van der Waals surface area contributed by atoms with Gasteiger partial charge in [0.05, 0.1) is 11.4 Å². The normalized spacial score (nSPS) is 14.9. The Hall–Kier alpha value is -6.78. The van der Waals surface area contributed by atoms with Gasteiger partial charge in [-0.2, -0.15) is 0 Å². The summed E-state index contributed by atoms with van der Waals surface area (Å²) in [5.41, 5.74) is 27.5. The number of hydrogen-bond acceptors (Lipinski definition) is 3. The van der Waals surface area contributed by atoms with Gasteiger partial charge in [0, 0.05) is 50.8 Å². The summed E-state index contributed by atoms with van der Waals surface area (Å²) in [5.74, 6) is 0. The van der Waals surface area contributed by atoms with Gasteiger partial charge in [0.2, 0.25) is 0 Å². The maximum absolute atomic E-state index is 2.71. The summed E-state index contributed by atoms with van der Waals surface area (Å²) < 4.78 is 0. The average molecular weight is 1040 g/mol. The second-order valence-electron chi connectivity index (χ2n) is 30.1. The minimum absolute atomic E-state index is 0.0150. The van der Waals surface area contributed by atoms with Crippen LogP contribution in [-0.2, 0) is 37.9 Å². The van der Waals surface area contributed by atoms with Crippen LogP contribution in [0.1, 0.15) is 183 Å². The lowest BCUT2D eigenvalue weighted by molar-refractivity contribution is 0.589. The van der Waals surface area contributed by atoms with Gasteiger partial charge in [-0.05, 0) is 172 Å². The third kappa shape index (κ3) is 9.14. The summed E-state index contributed by atoms with van der Waals surface area (Å²) in [5, 5.41) is 0. The molecule has 0 saturated carbocycles. The molecule has 8 aromatic rings. The van der Waals surface area contributed by atoms with Gasteiger partial charge < -0.3 is 14.7 Å². The molecule has 0 atom stereocenters. The number of rotatable bonds is 5. The van der Waals surface area contributed by atoms with Crippen LogP contribution in [0.2, 0.25) is 0 Å². The molecule has 0 amide bonds. The zero-order valence-corrected chi connectivity index (χ0v) is 51.4. The lowest BCUT2D eigenvalue weighted by atomic mass is 9.33. The SMILES string of the molecule is CC(C)(C)c1ccc(N(c2ccc(C(C)(C)C)cc2)c2ccc(N3c4ccc(C(C)(C)C)cc4B4c5ccc(C(C)(C)C)cc5N(c5cccc(C(C)(C)C)c5)c5cc(C(C)(C)C)cc3c54)c3c2-c2ccccc2C3(C)C)cc1. The Morgan fingerprint density at radius 3 is 1.39 bits per heavy atom. The largest absolute Gasteiger partial charge is 0.311 e. The van der Waals surface area contributed by atoms with E-state index in [1.807, 2.05) is 0 Å². The van der Waals surface area contributed by atoms with Gasteiger partial charge in [-0.1, -0.05) is 223 Å². The third-order valence-corrected chi connectivity index (χ3v) is 17.8. The Morgan fingerprint density at radius 1 is 0.367 bits per heavy atom. The van der Waals surface area contributed by atoms with E-state index in [1.54, 1.807) is 0 Å². The van der Waals surface area contributed by atoms with E-state index < -0.39 is 0 Å². The molecule has 404 valence electrons. The van der Waals surface area contributed by atoms with Crippen LogP contribution in [0.15, 0.2) is 158 Å². The van der Waals surface area contributed by atoms with Crippen molar-refractivity contribution in [1.29, 1.82) is 0 Å². The summed E-state index contributed by atoms with van der Waals surface area (Å²) in [4.78, 5) is 7.88. The highest BCUT2D eigenvalue weighted by atomic mass is 15.2. The third-order valence-electron chi connectivity index (χ3n) is 17.8. The molecule has 0 saturated heterocycles. The number of hydrogen-bond donors (Lipinski definition) is 0. The molecule has 3 aliphatic rings. The monoisotopic (exact) mass is 1040 g/mol. The first-order valence-corrected chi connectivity index (χ1v) is 29.2. The van der Waals surface area contributed by atoms with Crippen LogP contribution in [0.4, 0.5) is 51.2 Å². The quantitative estimate of drug-likeness (QED) is 0.159. The molecule has 0 unspecified atom stereocenters. The predicted molar refractivity (Wildman–Crippen MR) is 345 cm³/mol. The molecular formula is C75H86BN3. The van der Waals surface area contributed by atoms with Gasteiger partial charge in [0.15, 0.2) is 0 Å². The fourth-order valence-corrected chi connectivity index (χ4v) is 12.9. The van der Waals surface area contributed by atoms with E-state index >= 15 is 0 Å². The Labute approximate surface area is 476 Å². The summed E-state index contributed by atoms with van der Waals surface area (Å²) in [6, 6.07) is 62.3. The van der Waals surface area contributed by atoms with Crippen LogP contribution < -0.4 is 31.1 Å². The van der Waals surface area contributed by atoms with Crippen molar-refractivity contribution in [2.75, 3.05) is 14.7 Å². The van der Waals surface area contributed by atoms with E-state index in [1.165, 1.54) is 112 Å². The van der Waals surface area contributed by atoms with Crippen molar-refractivity contribution in [3.63, 3.8) is 0 Å². The molecule has 0 fully saturated rings. The Balaban J connectivity index is 1.26. The van der Waals surface area contributed by atoms with E-state index in [-0.39, 0.29) is 44.6 Å². The van der Waals surface area contributed by atoms with E-state index in [4.69, 9.17) is 0 Å². The second kappa shape index (κ2) is 18.1. The van der Waals surface area contributed by atoms with E-state index in [2.05, 4.69) is 311 Å². The smallest absolute Gasteiger partial charge is 0.252 e. The van der Waals surface area contributed by atoms with Gasteiger partial charge in [0.1, 0.15) is 0 Å². The summed E-state index contributed by atoms with van der Waals surface area (Å²) in [6.45, 7) is 47.1. The van der Waals surface area contributed by atoms with Gasteiger partial charge in [-0.15, -0.1) is 0 Å². The highest BCUT2D eigenvalue weighted by molar-refractivity contribution is 7.00. The van der Waals surface area contributed by atoms with E-state index in [0.29, 0.717) is 0 Å². The van der Waals surface area contributed by atoms with Crippen LogP contribution in [-0.4, -0.2) is 6.71 Å². The Kier molecular flexibility index (Phi) is 12.4. The van der Waals surface area contributed by atoms with Crippen LogP contribution in [0, 0.1) is 0 Å². The highest BCUT2D eigenvalue weighted by Crippen LogP contribution is 2.60. The molecule has 8 aromatic carbocycles. The fourth-order valence-electron chi connectivity index (χ4n) is 12.9. The first kappa shape index (κ1) is 54.2. The molecule has 2 heterocycles. The van der Waals surface area contributed by atoms with Crippen LogP contribution in [0.25, 0.3) is 11.1 Å². The first-order chi connectivity index (χ1) is 36.7. The molecule has 0 bridgehead atoms. The van der Waals surface area contributed by atoms with Crippen molar-refractivity contribution in [3.8, 4) is 11.1 Å². The fraction of sp³-hybridized carbons (Fsp3) is 0.360. The average Bonchev–Trinajstić information content (AvgIpc) is 3.02. The van der Waals surface area contributed by atoms with Crippen LogP contribution >= 0.6 is 0 Å². The minimum atomic E-state index is -0.366. The van der Waals surface area contributed by atoms with Crippen molar-refractivity contribution in [2.45, 2.75) is 176 Å². The molecule has 2 aliphatic heterocycles. The maximum atomic E-state index is 2.71. The zero-order chi connectivity index (χ0) is 56.9. The summed E-state index contributed by atoms with van der Waals surface area (Å²) in [6.07, 6.45) is 0. The molecule has 4 heteroatoms. The van der Waals surface area contributed by atoms with Crippen molar-refractivity contribution >= 4 is 74.3 Å². The van der Waals surface area contributed by atoms with E-state index in [0.717, 1.165) is 11.4 Å². The van der Waals surface area contributed by atoms with E-state index in [9.17, 15) is 0 Å². The molecule has 0 radical (unpaired) electrons. The molecule has 0 aromatic heterocycles. The lowest BCUT2D eigenvalue weighted by Crippen LogP contribution is -2.61. The lowest BCUT2D eigenvalue weighted by Gasteiger charge is -2.46. The van der Waals surface area contributed by atoms with Crippen molar-refractivity contribution < 1.29 is 0 Å². The predicted octanol–water partition coefficient (Wildman–Crippen LogP) is 19.3. The summed E-state index contributed by atoms with van der Waals surface area (Å²) in [7, 11) is 0. The molecule has 1 aliphatic carbocycles. The van der Waals surface area contributed by atoms with Crippen molar-refractivity contribution in [2.24, 2.45) is 0 Å². The minimum Gasteiger partial charge on any atom is -0.311 e. The molecule has 3 nitrogen and oxygen atoms in total. The molecular weight excluding hydrogens is 954 g/mol. The second-order valence-corrected chi connectivity index (χ2v) is 30.1. The number of benzene rings is 8. The van der Waals surface area contributed by atoms with Crippen LogP contribution in [0.3, 0.4) is 0 Å². The molecule has 79 heavy (non-hydrogen) atoms. The topological polar surface area (TPSA) is 9.72 Å². The highest BCUT2D eigenvalue weighted by Gasteiger charge is 2.48. The molecule has 0 spiro atoms. The number of fused-ring (bicyclic) bond motifs is 7. The number of nitrogens with zero attached hydrogens (tertiary/aromatic N) is 3. The van der Waals surface area contributed by atoms with Crippen molar-refractivity contribution in [1.82, 2.24) is 0 Å². The van der Waals surface area contributed by atoms with Crippen molar-refractivity contribution in [3.05, 3.63) is 202 Å². The summed E-state index contributed by atoms with van der Waals surface area (Å²) >= 11 is 0. The van der Waals surface area contributed by atoms with Gasteiger partial charge >= 0.3 is 0 Å². The van der Waals surface area contributed by atoms with Gasteiger partial charge in [-0.3, -0.25) is 0 Å². The standard InChI is InChI=1S/C75H86BN3/c1-69(2,3)47-28-34-53(35-29-47)77(54-36-30-48(31-37-54)70(4,5)6)61-40-41-62(67-66(61)56-26-21-22-27-57(56)75(67,19)20)79-60-39-33-50(72(10,11)12)43-59(60)76-58-38-32-51(73(13,14)15)44-63(58)78(55-25-23-24-49(42-55)71(7,8)9)64-45-52(74(16,17)18)46-65(79)68(64)76/h21-46H,1-20H3. The molecule has 0 N–H and O–H groups in total. The first-order valence-electron chi connectivity index (χ1n) is 29.2. The molecule has 11 rings (SSSR count). The Bertz CT molecular complexity index is 3640. The van der Waals surface area contributed by atoms with Gasteiger partial charge in [0.25, 0.3) is 6.71 Å². The Morgan fingerprint density at radius 2 is 0.835 bits per heavy atom. The number of anilines is 9.